The number of methoxy groups -OCH3 is 1. The van der Waals surface area contributed by atoms with Crippen LogP contribution in [0.1, 0.15) is 30.9 Å². The molecule has 2 N–H and O–H groups in total. The summed E-state index contributed by atoms with van der Waals surface area (Å²) in [6, 6.07) is 0. The summed E-state index contributed by atoms with van der Waals surface area (Å²) in [7, 11) is 1.60. The molecule has 0 aliphatic carbocycles. The maximum Gasteiger partial charge on any atom is 0.255 e. The molecule has 15 heavy (non-hydrogen) atoms. The molecule has 0 amide bonds. The van der Waals surface area contributed by atoms with E-state index in [1.165, 1.54) is 0 Å². The summed E-state index contributed by atoms with van der Waals surface area (Å²) in [4.78, 5) is 18.9. The average Bonchev–Trinajstić information content (AvgIpc) is 2.66. The molecule has 0 radical (unpaired) electrons. The van der Waals surface area contributed by atoms with E-state index >= 15 is 0 Å². The predicted molar refractivity (Wildman–Crippen MR) is 55.4 cm³/mol. The van der Waals surface area contributed by atoms with Crippen molar-refractivity contribution in [3.63, 3.8) is 0 Å². The van der Waals surface area contributed by atoms with Crippen LogP contribution >= 0.6 is 0 Å². The molecule has 1 aliphatic heterocycles. The van der Waals surface area contributed by atoms with Crippen molar-refractivity contribution in [3.05, 3.63) is 27.4 Å². The molecule has 0 atom stereocenters. The van der Waals surface area contributed by atoms with Gasteiger partial charge in [0.25, 0.3) is 5.56 Å². The number of hydrogen-bond acceptors (Lipinski definition) is 4. The third-order valence-electron chi connectivity index (χ3n) is 2.78. The van der Waals surface area contributed by atoms with Gasteiger partial charge < -0.3 is 15.0 Å². The third kappa shape index (κ3) is 1.68. The number of aromatic amines is 1. The first-order chi connectivity index (χ1) is 7.04. The van der Waals surface area contributed by atoms with Gasteiger partial charge in [0.05, 0.1) is 11.3 Å². The van der Waals surface area contributed by atoms with Gasteiger partial charge in [-0.25, -0.2) is 4.98 Å². The number of H-pyrrole nitrogens is 1. The molecule has 0 aromatic carbocycles. The monoisotopic (exact) mass is 209 g/mol. The Kier molecular flexibility index (Phi) is 2.36. The first-order valence-electron chi connectivity index (χ1n) is 4.93. The highest BCUT2D eigenvalue weighted by Crippen LogP contribution is 2.20. The second kappa shape index (κ2) is 3.43. The number of ether oxygens (including phenoxy) is 1. The molecule has 1 aromatic rings. The van der Waals surface area contributed by atoms with Gasteiger partial charge in [-0.1, -0.05) is 0 Å². The van der Waals surface area contributed by atoms with Gasteiger partial charge in [0.1, 0.15) is 11.4 Å². The lowest BCUT2D eigenvalue weighted by Gasteiger charge is -2.21. The lowest BCUT2D eigenvalue weighted by atomic mass is 10.1. The zero-order valence-electron chi connectivity index (χ0n) is 9.18. The van der Waals surface area contributed by atoms with E-state index < -0.39 is 5.60 Å². The van der Waals surface area contributed by atoms with Crippen molar-refractivity contribution < 1.29 is 4.74 Å². The fraction of sp³-hybridized carbons (Fsp3) is 0.600. The molecule has 2 heterocycles. The Balaban J connectivity index is 2.53. The van der Waals surface area contributed by atoms with E-state index in [4.69, 9.17) is 4.74 Å². The molecular formula is C10H15N3O2. The highest BCUT2D eigenvalue weighted by Gasteiger charge is 2.26. The average molecular weight is 209 g/mol. The van der Waals surface area contributed by atoms with Crippen molar-refractivity contribution in [1.29, 1.82) is 0 Å². The van der Waals surface area contributed by atoms with Crippen molar-refractivity contribution in [1.82, 2.24) is 15.3 Å². The largest absolute Gasteiger partial charge is 0.371 e. The Morgan fingerprint density at radius 1 is 1.40 bits per heavy atom. The van der Waals surface area contributed by atoms with Crippen molar-refractivity contribution in [2.24, 2.45) is 0 Å². The maximum absolute atomic E-state index is 11.7. The molecule has 1 aromatic heterocycles. The van der Waals surface area contributed by atoms with Gasteiger partial charge in [0.15, 0.2) is 0 Å². The Morgan fingerprint density at radius 2 is 2.13 bits per heavy atom. The van der Waals surface area contributed by atoms with Crippen LogP contribution in [0.15, 0.2) is 4.79 Å². The Morgan fingerprint density at radius 3 is 2.80 bits per heavy atom. The second-order valence-corrected chi connectivity index (χ2v) is 4.16. The molecule has 0 bridgehead atoms. The molecule has 5 heteroatoms. The van der Waals surface area contributed by atoms with Crippen LogP contribution in [0, 0.1) is 0 Å². The molecule has 0 unspecified atom stereocenters. The summed E-state index contributed by atoms with van der Waals surface area (Å²) in [6.07, 6.45) is 0. The van der Waals surface area contributed by atoms with Crippen LogP contribution in [0.25, 0.3) is 0 Å². The van der Waals surface area contributed by atoms with E-state index in [9.17, 15) is 4.79 Å². The van der Waals surface area contributed by atoms with Crippen LogP contribution in [0.5, 0.6) is 0 Å². The van der Waals surface area contributed by atoms with Gasteiger partial charge in [-0.15, -0.1) is 0 Å². The number of fused-ring (bicyclic) bond motifs is 1. The van der Waals surface area contributed by atoms with E-state index in [0.717, 1.165) is 11.3 Å². The minimum Gasteiger partial charge on any atom is -0.371 e. The van der Waals surface area contributed by atoms with Crippen molar-refractivity contribution in [3.8, 4) is 0 Å². The molecular weight excluding hydrogens is 194 g/mol. The number of nitrogens with zero attached hydrogens (tertiary/aromatic N) is 1. The van der Waals surface area contributed by atoms with Crippen molar-refractivity contribution in [2.75, 3.05) is 7.11 Å². The van der Waals surface area contributed by atoms with Crippen LogP contribution in [-0.2, 0) is 23.4 Å². The van der Waals surface area contributed by atoms with Crippen LogP contribution in [-0.4, -0.2) is 17.1 Å². The van der Waals surface area contributed by atoms with Gasteiger partial charge in [-0.2, -0.15) is 0 Å². The molecule has 0 spiro atoms. The molecule has 2 rings (SSSR count). The van der Waals surface area contributed by atoms with Gasteiger partial charge in [-0.05, 0) is 13.8 Å². The van der Waals surface area contributed by atoms with Gasteiger partial charge in [-0.3, -0.25) is 4.79 Å². The Bertz CT molecular complexity index is 437. The number of rotatable bonds is 2. The molecule has 0 saturated carbocycles. The molecule has 1 aliphatic rings. The number of aromatic nitrogens is 2. The van der Waals surface area contributed by atoms with Crippen LogP contribution in [0.3, 0.4) is 0 Å². The van der Waals surface area contributed by atoms with Gasteiger partial charge >= 0.3 is 0 Å². The topological polar surface area (TPSA) is 67.0 Å². The Hall–Kier alpha value is -1.20. The summed E-state index contributed by atoms with van der Waals surface area (Å²) in [6.45, 7) is 5.01. The Labute approximate surface area is 87.9 Å². The summed E-state index contributed by atoms with van der Waals surface area (Å²) in [5, 5.41) is 3.10. The minimum absolute atomic E-state index is 0.0647. The zero-order valence-corrected chi connectivity index (χ0v) is 9.18. The van der Waals surface area contributed by atoms with Crippen molar-refractivity contribution >= 4 is 0 Å². The maximum atomic E-state index is 11.7. The fourth-order valence-corrected chi connectivity index (χ4v) is 1.56. The summed E-state index contributed by atoms with van der Waals surface area (Å²) < 4.78 is 5.29. The van der Waals surface area contributed by atoms with Crippen molar-refractivity contribution in [2.45, 2.75) is 32.5 Å². The molecule has 5 nitrogen and oxygen atoms in total. The van der Waals surface area contributed by atoms with E-state index in [1.807, 2.05) is 13.8 Å². The SMILES string of the molecule is COC(C)(C)c1nc2c(c(=O)[nH]1)CNC2. The second-order valence-electron chi connectivity index (χ2n) is 4.16. The summed E-state index contributed by atoms with van der Waals surface area (Å²) >= 11 is 0. The van der Waals surface area contributed by atoms with Gasteiger partial charge in [0, 0.05) is 20.2 Å². The van der Waals surface area contributed by atoms with E-state index in [-0.39, 0.29) is 5.56 Å². The third-order valence-corrected chi connectivity index (χ3v) is 2.78. The van der Waals surface area contributed by atoms with Crippen LogP contribution < -0.4 is 10.9 Å². The highest BCUT2D eigenvalue weighted by molar-refractivity contribution is 5.22. The first kappa shape index (κ1) is 10.3. The minimum atomic E-state index is -0.559. The van der Waals surface area contributed by atoms with E-state index in [1.54, 1.807) is 7.11 Å². The summed E-state index contributed by atoms with van der Waals surface area (Å²) in [5.74, 6) is 0.581. The normalized spacial score (nSPS) is 15.4. The van der Waals surface area contributed by atoms with Crippen LogP contribution in [0.2, 0.25) is 0 Å². The smallest absolute Gasteiger partial charge is 0.255 e. The van der Waals surface area contributed by atoms with Crippen LogP contribution in [0.4, 0.5) is 0 Å². The lowest BCUT2D eigenvalue weighted by Crippen LogP contribution is -2.28. The fourth-order valence-electron chi connectivity index (χ4n) is 1.56. The van der Waals surface area contributed by atoms with Gasteiger partial charge in [0.2, 0.25) is 0 Å². The zero-order chi connectivity index (χ0) is 11.1. The quantitative estimate of drug-likeness (QED) is 0.733. The van der Waals surface area contributed by atoms with E-state index in [0.29, 0.717) is 18.9 Å². The predicted octanol–water partition coefficient (Wildman–Crippen LogP) is 0.255. The lowest BCUT2D eigenvalue weighted by molar-refractivity contribution is 0.0111. The number of hydrogen-bond donors (Lipinski definition) is 2. The van der Waals surface area contributed by atoms with E-state index in [2.05, 4.69) is 15.3 Å². The summed E-state index contributed by atoms with van der Waals surface area (Å²) in [5.41, 5.74) is 0.950. The standard InChI is InChI=1S/C10H15N3O2/c1-10(2,15-3)9-12-7-5-11-4-6(7)8(14)13-9/h11H,4-5H2,1-3H3,(H,12,13,14). The molecule has 0 fully saturated rings. The first-order valence-corrected chi connectivity index (χ1v) is 4.93. The number of nitrogens with one attached hydrogen (secondary N) is 2. The molecule has 0 saturated heterocycles. The molecule has 82 valence electrons. The highest BCUT2D eigenvalue weighted by atomic mass is 16.5.